The zero-order chi connectivity index (χ0) is 25.1. The number of anilines is 1. The summed E-state index contributed by atoms with van der Waals surface area (Å²) in [7, 11) is -2.49. The molecule has 2 amide bonds. The van der Waals surface area contributed by atoms with Crippen molar-refractivity contribution in [2.24, 2.45) is 18.4 Å². The normalized spacial score (nSPS) is 24.3. The minimum absolute atomic E-state index is 0.0239. The summed E-state index contributed by atoms with van der Waals surface area (Å²) in [6.45, 7) is 4.80. The van der Waals surface area contributed by atoms with Crippen molar-refractivity contribution in [2.45, 2.75) is 24.8 Å². The highest BCUT2D eigenvalue weighted by Crippen LogP contribution is 2.36. The number of rotatable bonds is 3. The lowest BCUT2D eigenvalue weighted by Gasteiger charge is -2.39. The van der Waals surface area contributed by atoms with Crippen LogP contribution in [0, 0.1) is 24.1 Å². The van der Waals surface area contributed by atoms with Gasteiger partial charge in [0.2, 0.25) is 15.9 Å². The standard InChI is InChI=1S/C23H27FN4O6S/c1-13-6-15(4-5-16(13)24)25-21(29)19-20-18(9-27(19)3)35(31,32)26-17-8-28(7-14(17)10-34-20)22(30)23(2)11-33-12-23/h4-6,9,14,17,26H,7-8,10-12H2,1-3H3,(H,25,29)/t14-,17+/m0/s1. The van der Waals surface area contributed by atoms with Gasteiger partial charge in [-0.2, -0.15) is 0 Å². The van der Waals surface area contributed by atoms with Crippen LogP contribution in [0.4, 0.5) is 10.1 Å². The van der Waals surface area contributed by atoms with Crippen LogP contribution in [-0.2, 0) is 26.6 Å². The first-order chi connectivity index (χ1) is 16.5. The van der Waals surface area contributed by atoms with Gasteiger partial charge < -0.3 is 24.3 Å². The number of fused-ring (bicyclic) bond motifs is 2. The predicted molar refractivity (Wildman–Crippen MR) is 123 cm³/mol. The van der Waals surface area contributed by atoms with Crippen molar-refractivity contribution in [3.05, 3.63) is 41.5 Å². The third-order valence-electron chi connectivity index (χ3n) is 6.86. The summed E-state index contributed by atoms with van der Waals surface area (Å²) in [5.74, 6) is -1.40. The molecule has 0 radical (unpaired) electrons. The number of ether oxygens (including phenoxy) is 2. The number of benzene rings is 1. The molecule has 2 aromatic rings. The summed E-state index contributed by atoms with van der Waals surface area (Å²) in [6, 6.07) is 3.64. The van der Waals surface area contributed by atoms with Crippen LogP contribution in [0.5, 0.6) is 5.75 Å². The molecular formula is C23H27FN4O6S. The van der Waals surface area contributed by atoms with Crippen LogP contribution in [0.25, 0.3) is 0 Å². The number of carbonyl (C=O) groups is 2. The average Bonchev–Trinajstić information content (AvgIpc) is 3.32. The number of carbonyl (C=O) groups excluding carboxylic acids is 2. The number of nitrogens with one attached hydrogen (secondary N) is 2. The molecule has 1 aromatic carbocycles. The Bertz CT molecular complexity index is 1320. The van der Waals surface area contributed by atoms with Crippen LogP contribution in [0.2, 0.25) is 0 Å². The molecule has 0 aliphatic carbocycles. The number of amides is 2. The quantitative estimate of drug-likeness (QED) is 0.647. The summed E-state index contributed by atoms with van der Waals surface area (Å²) in [4.78, 5) is 27.6. The summed E-state index contributed by atoms with van der Waals surface area (Å²) >= 11 is 0. The maximum atomic E-state index is 13.6. The Labute approximate surface area is 202 Å². The zero-order valence-corrected chi connectivity index (χ0v) is 20.4. The van der Waals surface area contributed by atoms with E-state index in [2.05, 4.69) is 10.0 Å². The van der Waals surface area contributed by atoms with Crippen molar-refractivity contribution in [3.8, 4) is 5.75 Å². The SMILES string of the molecule is Cc1cc(NC(=O)c2c3c(cn2C)S(=O)(=O)N[C@@H]2CN(C(=O)C4(C)COC4)C[C@H]2CO3)ccc1F. The van der Waals surface area contributed by atoms with E-state index in [1.807, 2.05) is 6.92 Å². The number of nitrogens with zero attached hydrogens (tertiary/aromatic N) is 2. The van der Waals surface area contributed by atoms with Crippen molar-refractivity contribution in [1.29, 1.82) is 0 Å². The van der Waals surface area contributed by atoms with E-state index in [-0.39, 0.29) is 41.3 Å². The number of aromatic nitrogens is 1. The Morgan fingerprint density at radius 2 is 2.00 bits per heavy atom. The van der Waals surface area contributed by atoms with Gasteiger partial charge >= 0.3 is 0 Å². The largest absolute Gasteiger partial charge is 0.489 e. The van der Waals surface area contributed by atoms with E-state index in [1.165, 1.54) is 29.0 Å². The third kappa shape index (κ3) is 4.09. The van der Waals surface area contributed by atoms with Crippen molar-refractivity contribution < 1.29 is 31.9 Å². The second-order valence-corrected chi connectivity index (χ2v) is 11.4. The van der Waals surface area contributed by atoms with Gasteiger partial charge in [0.05, 0.1) is 25.2 Å². The molecule has 188 valence electrons. The van der Waals surface area contributed by atoms with Gasteiger partial charge in [-0.15, -0.1) is 0 Å². The van der Waals surface area contributed by atoms with E-state index >= 15 is 0 Å². The predicted octanol–water partition coefficient (Wildman–Crippen LogP) is 1.26. The molecule has 2 fully saturated rings. The highest BCUT2D eigenvalue weighted by molar-refractivity contribution is 7.89. The first-order valence-electron chi connectivity index (χ1n) is 11.3. The lowest BCUT2D eigenvalue weighted by atomic mass is 9.87. The average molecular weight is 507 g/mol. The molecule has 0 spiro atoms. The van der Waals surface area contributed by atoms with Crippen LogP contribution in [-0.4, -0.2) is 68.7 Å². The Hall–Kier alpha value is -2.96. The van der Waals surface area contributed by atoms with E-state index in [1.54, 1.807) is 18.9 Å². The van der Waals surface area contributed by atoms with Crippen molar-refractivity contribution >= 4 is 27.5 Å². The highest BCUT2D eigenvalue weighted by Gasteiger charge is 2.48. The highest BCUT2D eigenvalue weighted by atomic mass is 32.2. The Morgan fingerprint density at radius 3 is 2.66 bits per heavy atom. The summed E-state index contributed by atoms with van der Waals surface area (Å²) in [6.07, 6.45) is 1.33. The second-order valence-electron chi connectivity index (χ2n) is 9.76. The van der Waals surface area contributed by atoms with Gasteiger partial charge in [0.1, 0.15) is 10.7 Å². The first-order valence-corrected chi connectivity index (χ1v) is 12.8. The minimum atomic E-state index is -4.04. The van der Waals surface area contributed by atoms with E-state index in [0.717, 1.165) is 0 Å². The van der Waals surface area contributed by atoms with Crippen molar-refractivity contribution in [2.75, 3.05) is 38.2 Å². The van der Waals surface area contributed by atoms with Gasteiger partial charge in [-0.05, 0) is 37.6 Å². The van der Waals surface area contributed by atoms with E-state index in [4.69, 9.17) is 9.47 Å². The smallest absolute Gasteiger partial charge is 0.276 e. The molecule has 5 rings (SSSR count). The van der Waals surface area contributed by atoms with E-state index in [0.29, 0.717) is 31.0 Å². The fraction of sp³-hybridized carbons (Fsp3) is 0.478. The molecule has 3 aliphatic rings. The maximum Gasteiger partial charge on any atom is 0.276 e. The van der Waals surface area contributed by atoms with E-state index in [9.17, 15) is 22.4 Å². The van der Waals surface area contributed by atoms with E-state index < -0.39 is 33.2 Å². The molecule has 4 heterocycles. The monoisotopic (exact) mass is 506 g/mol. The second kappa shape index (κ2) is 8.32. The zero-order valence-electron chi connectivity index (χ0n) is 19.6. The summed E-state index contributed by atoms with van der Waals surface area (Å²) in [5.41, 5.74) is 0.167. The Balaban J connectivity index is 1.41. The number of aryl methyl sites for hydroxylation is 2. The fourth-order valence-corrected chi connectivity index (χ4v) is 6.28. The minimum Gasteiger partial charge on any atom is -0.489 e. The molecule has 10 nitrogen and oxygen atoms in total. The van der Waals surface area contributed by atoms with Crippen molar-refractivity contribution in [3.63, 3.8) is 0 Å². The molecule has 35 heavy (non-hydrogen) atoms. The van der Waals surface area contributed by atoms with Gasteiger partial charge in [-0.3, -0.25) is 9.59 Å². The number of sulfonamides is 1. The molecule has 2 saturated heterocycles. The molecule has 2 atom stereocenters. The number of likely N-dealkylation sites (tertiary alicyclic amines) is 1. The van der Waals surface area contributed by atoms with Gasteiger partial charge in [0.15, 0.2) is 11.4 Å². The molecule has 1 aromatic heterocycles. The third-order valence-corrected chi connectivity index (χ3v) is 8.34. The molecule has 12 heteroatoms. The topological polar surface area (TPSA) is 119 Å². The number of hydrogen-bond acceptors (Lipinski definition) is 6. The molecule has 0 unspecified atom stereocenters. The molecular weight excluding hydrogens is 479 g/mol. The summed E-state index contributed by atoms with van der Waals surface area (Å²) < 4.78 is 55.4. The maximum absolute atomic E-state index is 13.6. The lowest BCUT2D eigenvalue weighted by Crippen LogP contribution is -2.53. The van der Waals surface area contributed by atoms with Crippen LogP contribution < -0.4 is 14.8 Å². The number of hydrogen-bond donors (Lipinski definition) is 2. The van der Waals surface area contributed by atoms with Crippen LogP contribution >= 0.6 is 0 Å². The Morgan fingerprint density at radius 1 is 1.26 bits per heavy atom. The van der Waals surface area contributed by atoms with Crippen LogP contribution in [0.15, 0.2) is 29.3 Å². The lowest BCUT2D eigenvalue weighted by molar-refractivity contribution is -0.167. The molecule has 0 bridgehead atoms. The Kier molecular flexibility index (Phi) is 5.65. The molecule has 2 N–H and O–H groups in total. The van der Waals surface area contributed by atoms with Crippen LogP contribution in [0.1, 0.15) is 23.0 Å². The van der Waals surface area contributed by atoms with Crippen molar-refractivity contribution in [1.82, 2.24) is 14.2 Å². The molecule has 3 aliphatic heterocycles. The van der Waals surface area contributed by atoms with Gasteiger partial charge in [-0.1, -0.05) is 0 Å². The summed E-state index contributed by atoms with van der Waals surface area (Å²) in [5, 5.41) is 2.68. The number of halogens is 1. The first kappa shape index (κ1) is 23.8. The van der Waals surface area contributed by atoms with Gasteiger partial charge in [-0.25, -0.2) is 17.5 Å². The fourth-order valence-electron chi connectivity index (χ4n) is 4.79. The van der Waals surface area contributed by atoms with Gasteiger partial charge in [0, 0.05) is 44.0 Å². The van der Waals surface area contributed by atoms with Crippen LogP contribution in [0.3, 0.4) is 0 Å². The van der Waals surface area contributed by atoms with Gasteiger partial charge in [0.25, 0.3) is 5.91 Å². The molecule has 0 saturated carbocycles.